The number of fused-ring (bicyclic) bond motifs is 1. The van der Waals surface area contributed by atoms with Crippen molar-refractivity contribution in [2.45, 2.75) is 115 Å². The van der Waals surface area contributed by atoms with E-state index in [1.165, 1.54) is 19.3 Å². The first-order chi connectivity index (χ1) is 26.1. The van der Waals surface area contributed by atoms with Crippen LogP contribution in [0.25, 0.3) is 11.1 Å². The molecule has 8 nitrogen and oxygen atoms in total. The normalized spacial score (nSPS) is 24.7. The number of ether oxygens (including phenoxy) is 2. The number of piperidine rings is 1. The van der Waals surface area contributed by atoms with E-state index in [1.807, 2.05) is 72.8 Å². The standard InChI is InChI=1S/C46H55N3O5/c1-46(2,3)48-44(52)41-24-23-33-12-7-8-18-40(33)49(41)29-39-27-42(34-21-19-31(30-50)20-22-34)54-45(53-39)38-17-10-16-37(26-38)36-15-9-11-32(25-36)28-47-43(51)35-13-5-4-6-14-35/h4-6,9-11,13-17,19-22,25-26,33,39-42,45,50H,7-8,12,18,23-24,27-30H2,1-3H3,(H,47,51)(H,48,52). The Bertz CT molecular complexity index is 1870. The number of benzene rings is 4. The largest absolute Gasteiger partial charge is 0.392 e. The summed E-state index contributed by atoms with van der Waals surface area (Å²) in [6.07, 6.45) is 6.38. The number of likely N-dealkylation sites (tertiary alicyclic amines) is 1. The van der Waals surface area contributed by atoms with Crippen LogP contribution in [0.4, 0.5) is 0 Å². The first kappa shape index (κ1) is 38.0. The molecule has 8 heteroatoms. The first-order valence-electron chi connectivity index (χ1n) is 19.7. The number of nitrogens with one attached hydrogen (secondary N) is 2. The van der Waals surface area contributed by atoms with Gasteiger partial charge in [-0.25, -0.2) is 0 Å². The molecule has 0 bridgehead atoms. The van der Waals surface area contributed by atoms with Crippen molar-refractivity contribution in [3.63, 3.8) is 0 Å². The molecule has 1 aliphatic carbocycles. The molecule has 0 spiro atoms. The Morgan fingerprint density at radius 2 is 1.52 bits per heavy atom. The van der Waals surface area contributed by atoms with Crippen LogP contribution in [-0.4, -0.2) is 52.1 Å². The predicted octanol–water partition coefficient (Wildman–Crippen LogP) is 8.26. The highest BCUT2D eigenvalue weighted by Crippen LogP contribution is 2.42. The van der Waals surface area contributed by atoms with E-state index in [0.717, 1.165) is 52.6 Å². The van der Waals surface area contributed by atoms with Gasteiger partial charge < -0.3 is 25.2 Å². The van der Waals surface area contributed by atoms with Gasteiger partial charge in [0.15, 0.2) is 6.29 Å². The van der Waals surface area contributed by atoms with E-state index < -0.39 is 6.29 Å². The highest BCUT2D eigenvalue weighted by Gasteiger charge is 2.44. The zero-order valence-corrected chi connectivity index (χ0v) is 31.9. The lowest BCUT2D eigenvalue weighted by Crippen LogP contribution is -2.61. The lowest BCUT2D eigenvalue weighted by molar-refractivity contribution is -0.255. The molecule has 6 unspecified atom stereocenters. The average Bonchev–Trinajstić information content (AvgIpc) is 3.20. The molecule has 0 radical (unpaired) electrons. The van der Waals surface area contributed by atoms with Crippen LogP contribution in [-0.2, 0) is 27.4 Å². The van der Waals surface area contributed by atoms with Crippen molar-refractivity contribution in [2.24, 2.45) is 5.92 Å². The van der Waals surface area contributed by atoms with Gasteiger partial charge in [-0.2, -0.15) is 0 Å². The fourth-order valence-electron chi connectivity index (χ4n) is 8.60. The van der Waals surface area contributed by atoms with Crippen molar-refractivity contribution in [3.8, 4) is 11.1 Å². The van der Waals surface area contributed by atoms with Gasteiger partial charge in [0, 0.05) is 42.2 Å². The van der Waals surface area contributed by atoms with Crippen molar-refractivity contribution < 1.29 is 24.2 Å². The Kier molecular flexibility index (Phi) is 11.9. The molecule has 7 rings (SSSR count). The zero-order valence-electron chi connectivity index (χ0n) is 31.9. The molecular weight excluding hydrogens is 675 g/mol. The molecule has 4 aromatic rings. The third-order valence-corrected chi connectivity index (χ3v) is 11.2. The molecule has 2 amide bonds. The zero-order chi connectivity index (χ0) is 37.7. The number of aliphatic hydroxyl groups excluding tert-OH is 1. The maximum atomic E-state index is 13.8. The van der Waals surface area contributed by atoms with E-state index >= 15 is 0 Å². The van der Waals surface area contributed by atoms with Crippen molar-refractivity contribution in [2.75, 3.05) is 6.54 Å². The Morgan fingerprint density at radius 1 is 0.778 bits per heavy atom. The number of rotatable bonds is 10. The third-order valence-electron chi connectivity index (χ3n) is 11.2. The lowest BCUT2D eigenvalue weighted by Gasteiger charge is -2.50. The van der Waals surface area contributed by atoms with Crippen LogP contribution in [0.2, 0.25) is 0 Å². The molecule has 3 N–H and O–H groups in total. The number of amides is 2. The van der Waals surface area contributed by atoms with Gasteiger partial charge >= 0.3 is 0 Å². The molecule has 54 heavy (non-hydrogen) atoms. The number of hydrogen-bond acceptors (Lipinski definition) is 6. The second-order valence-electron chi connectivity index (χ2n) is 16.4. The summed E-state index contributed by atoms with van der Waals surface area (Å²) in [5.41, 5.74) is 6.23. The Balaban J connectivity index is 1.14. The minimum Gasteiger partial charge on any atom is -0.392 e. The van der Waals surface area contributed by atoms with Crippen molar-refractivity contribution in [3.05, 3.63) is 131 Å². The lowest BCUT2D eigenvalue weighted by atomic mass is 9.75. The smallest absolute Gasteiger partial charge is 0.251 e. The summed E-state index contributed by atoms with van der Waals surface area (Å²) in [4.78, 5) is 29.0. The molecule has 3 aliphatic rings. The Labute approximate surface area is 320 Å². The third kappa shape index (κ3) is 9.29. The van der Waals surface area contributed by atoms with E-state index in [1.54, 1.807) is 0 Å². The molecule has 4 aromatic carbocycles. The molecule has 0 aromatic heterocycles. The summed E-state index contributed by atoms with van der Waals surface area (Å²) in [5, 5.41) is 16.0. The number of hydrogen-bond donors (Lipinski definition) is 3. The molecule has 3 fully saturated rings. The number of nitrogens with zero attached hydrogens (tertiary/aromatic N) is 1. The minimum atomic E-state index is -0.617. The summed E-state index contributed by atoms with van der Waals surface area (Å²) in [5.74, 6) is 0.615. The van der Waals surface area contributed by atoms with Gasteiger partial charge in [-0.1, -0.05) is 91.7 Å². The number of aliphatic hydroxyl groups is 1. The maximum absolute atomic E-state index is 13.8. The maximum Gasteiger partial charge on any atom is 0.251 e. The Hall–Kier alpha value is -4.34. The van der Waals surface area contributed by atoms with Gasteiger partial charge in [0.05, 0.1) is 24.9 Å². The van der Waals surface area contributed by atoms with E-state index in [9.17, 15) is 14.7 Å². The monoisotopic (exact) mass is 729 g/mol. The topological polar surface area (TPSA) is 100 Å². The fraction of sp³-hybridized carbons (Fsp3) is 0.435. The van der Waals surface area contributed by atoms with Crippen LogP contribution in [0.3, 0.4) is 0 Å². The van der Waals surface area contributed by atoms with Crippen LogP contribution in [0.5, 0.6) is 0 Å². The number of carbonyl (C=O) groups is 2. The molecule has 6 atom stereocenters. The first-order valence-corrected chi connectivity index (χ1v) is 19.7. The molecule has 284 valence electrons. The molecule has 2 heterocycles. The van der Waals surface area contributed by atoms with E-state index in [0.29, 0.717) is 37.0 Å². The molecule has 2 saturated heterocycles. The number of carbonyl (C=O) groups excluding carboxylic acids is 2. The van der Waals surface area contributed by atoms with Crippen LogP contribution >= 0.6 is 0 Å². The Morgan fingerprint density at radius 3 is 2.28 bits per heavy atom. The summed E-state index contributed by atoms with van der Waals surface area (Å²) in [6.45, 7) is 7.22. The summed E-state index contributed by atoms with van der Waals surface area (Å²) >= 11 is 0. The van der Waals surface area contributed by atoms with Gasteiger partial charge in [0.2, 0.25) is 5.91 Å². The van der Waals surface area contributed by atoms with Crippen LogP contribution < -0.4 is 10.6 Å². The SMILES string of the molecule is CC(C)(C)NC(=O)C1CCC2CCCCC2N1CC1CC(c2ccc(CO)cc2)OC(c2cccc(-c3cccc(CNC(=O)c4ccccc4)c3)c2)O1. The van der Waals surface area contributed by atoms with Crippen molar-refractivity contribution in [1.82, 2.24) is 15.5 Å². The van der Waals surface area contributed by atoms with Crippen LogP contribution in [0, 0.1) is 5.92 Å². The van der Waals surface area contributed by atoms with E-state index in [-0.39, 0.29) is 42.2 Å². The van der Waals surface area contributed by atoms with Gasteiger partial charge in [-0.05, 0) is 104 Å². The van der Waals surface area contributed by atoms with Crippen molar-refractivity contribution in [1.29, 1.82) is 0 Å². The fourth-order valence-corrected chi connectivity index (χ4v) is 8.60. The predicted molar refractivity (Wildman–Crippen MR) is 211 cm³/mol. The van der Waals surface area contributed by atoms with Gasteiger partial charge in [-0.3, -0.25) is 14.5 Å². The van der Waals surface area contributed by atoms with Gasteiger partial charge in [0.25, 0.3) is 5.91 Å². The van der Waals surface area contributed by atoms with Crippen molar-refractivity contribution >= 4 is 11.8 Å². The molecule has 1 saturated carbocycles. The van der Waals surface area contributed by atoms with Crippen LogP contribution in [0.1, 0.15) is 111 Å². The quantitative estimate of drug-likeness (QED) is 0.152. The molecule has 2 aliphatic heterocycles. The van der Waals surface area contributed by atoms with E-state index in [2.05, 4.69) is 66.6 Å². The highest BCUT2D eigenvalue weighted by molar-refractivity contribution is 5.94. The summed E-state index contributed by atoms with van der Waals surface area (Å²) in [7, 11) is 0. The minimum absolute atomic E-state index is 0.0108. The van der Waals surface area contributed by atoms with Gasteiger partial charge in [-0.15, -0.1) is 0 Å². The second-order valence-corrected chi connectivity index (χ2v) is 16.4. The van der Waals surface area contributed by atoms with E-state index in [4.69, 9.17) is 9.47 Å². The summed E-state index contributed by atoms with van der Waals surface area (Å²) in [6, 6.07) is 34.0. The van der Waals surface area contributed by atoms with Gasteiger partial charge in [0.1, 0.15) is 0 Å². The summed E-state index contributed by atoms with van der Waals surface area (Å²) < 4.78 is 13.7. The highest BCUT2D eigenvalue weighted by atomic mass is 16.7. The van der Waals surface area contributed by atoms with Crippen LogP contribution in [0.15, 0.2) is 103 Å². The average molecular weight is 730 g/mol. The molecular formula is C46H55N3O5. The second kappa shape index (κ2) is 17.0.